The van der Waals surface area contributed by atoms with Crippen LogP contribution in [-0.4, -0.2) is 39.3 Å². The van der Waals surface area contributed by atoms with Gasteiger partial charge in [0.2, 0.25) is 0 Å². The highest BCUT2D eigenvalue weighted by molar-refractivity contribution is 5.94. The first-order valence-corrected chi connectivity index (χ1v) is 5.89. The maximum atomic E-state index is 13.4. The van der Waals surface area contributed by atoms with E-state index in [0.717, 1.165) is 12.1 Å². The van der Waals surface area contributed by atoms with Crippen molar-refractivity contribution >= 4 is 18.3 Å². The van der Waals surface area contributed by atoms with Gasteiger partial charge in [-0.1, -0.05) is 11.6 Å². The third-order valence-electron chi connectivity index (χ3n) is 2.44. The highest BCUT2D eigenvalue weighted by atomic mass is 35.5. The first-order chi connectivity index (χ1) is 8.65. The van der Waals surface area contributed by atoms with Gasteiger partial charge in [0.1, 0.15) is 5.82 Å². The molecule has 2 N–H and O–H groups in total. The quantitative estimate of drug-likeness (QED) is 0.749. The van der Waals surface area contributed by atoms with Crippen LogP contribution in [0.5, 0.6) is 0 Å². The van der Waals surface area contributed by atoms with Crippen molar-refractivity contribution in [2.24, 2.45) is 0 Å². The van der Waals surface area contributed by atoms with Gasteiger partial charge >= 0.3 is 0 Å². The van der Waals surface area contributed by atoms with Crippen LogP contribution in [0.3, 0.4) is 0 Å². The number of rotatable bonds is 7. The number of ether oxygens (including phenoxy) is 1. The van der Waals surface area contributed by atoms with Crippen molar-refractivity contribution < 1.29 is 13.9 Å². The number of carbonyl (C=O) groups excluding carboxylic acids is 1. The third kappa shape index (κ3) is 6.52. The Labute approximate surface area is 119 Å². The zero-order valence-corrected chi connectivity index (χ0v) is 12.0. The lowest BCUT2D eigenvalue weighted by atomic mass is 10.1. The number of methoxy groups -OCH3 is 1. The van der Waals surface area contributed by atoms with Gasteiger partial charge in [-0.05, 0) is 19.1 Å². The number of carbonyl (C=O) groups is 1. The molecular formula is C13H20ClFN2O2. The van der Waals surface area contributed by atoms with Gasteiger partial charge in [-0.15, -0.1) is 12.4 Å². The standard InChI is InChI=1S/C13H19FN2O2.ClH/c1-10-3-4-12(14)11(9-10)13(17)16-6-5-15-7-8-18-2;/h3-4,9,15H,5-8H2,1-2H3,(H,16,17);1H. The number of nitrogens with one attached hydrogen (secondary N) is 2. The minimum atomic E-state index is -0.495. The lowest BCUT2D eigenvalue weighted by Gasteiger charge is -2.07. The minimum absolute atomic E-state index is 0. The predicted molar refractivity (Wildman–Crippen MR) is 75.5 cm³/mol. The van der Waals surface area contributed by atoms with Crippen LogP contribution in [0, 0.1) is 12.7 Å². The van der Waals surface area contributed by atoms with Crippen LogP contribution in [0.25, 0.3) is 0 Å². The molecule has 4 nitrogen and oxygen atoms in total. The van der Waals surface area contributed by atoms with Crippen LogP contribution in [-0.2, 0) is 4.74 Å². The lowest BCUT2D eigenvalue weighted by Crippen LogP contribution is -2.33. The second kappa shape index (κ2) is 9.72. The number of amides is 1. The second-order valence-corrected chi connectivity index (χ2v) is 3.98. The average Bonchev–Trinajstić information content (AvgIpc) is 2.36. The number of hydrogen-bond donors (Lipinski definition) is 2. The van der Waals surface area contributed by atoms with Crippen LogP contribution in [0.4, 0.5) is 4.39 Å². The minimum Gasteiger partial charge on any atom is -0.383 e. The molecular weight excluding hydrogens is 271 g/mol. The monoisotopic (exact) mass is 290 g/mol. The Morgan fingerprint density at radius 1 is 1.32 bits per heavy atom. The average molecular weight is 291 g/mol. The number of hydrogen-bond acceptors (Lipinski definition) is 3. The highest BCUT2D eigenvalue weighted by Crippen LogP contribution is 2.09. The molecule has 0 aliphatic carbocycles. The molecule has 1 rings (SSSR count). The SMILES string of the molecule is COCCNCCNC(=O)c1cc(C)ccc1F.Cl. The van der Waals surface area contributed by atoms with Gasteiger partial charge < -0.3 is 15.4 Å². The molecule has 0 aromatic heterocycles. The zero-order chi connectivity index (χ0) is 13.4. The number of aryl methyl sites for hydroxylation is 1. The summed E-state index contributed by atoms with van der Waals surface area (Å²) in [5.74, 6) is -0.879. The van der Waals surface area contributed by atoms with Gasteiger partial charge in [0.05, 0.1) is 12.2 Å². The van der Waals surface area contributed by atoms with Crippen molar-refractivity contribution in [3.63, 3.8) is 0 Å². The Hall–Kier alpha value is -1.17. The van der Waals surface area contributed by atoms with E-state index in [9.17, 15) is 9.18 Å². The summed E-state index contributed by atoms with van der Waals surface area (Å²) in [6.07, 6.45) is 0. The molecule has 0 saturated heterocycles. The summed E-state index contributed by atoms with van der Waals surface area (Å²) in [4.78, 5) is 11.7. The third-order valence-corrected chi connectivity index (χ3v) is 2.44. The van der Waals surface area contributed by atoms with Crippen molar-refractivity contribution in [2.75, 3.05) is 33.4 Å². The lowest BCUT2D eigenvalue weighted by molar-refractivity contribution is 0.0949. The fraction of sp³-hybridized carbons (Fsp3) is 0.462. The first kappa shape index (κ1) is 17.8. The van der Waals surface area contributed by atoms with Crippen molar-refractivity contribution in [1.82, 2.24) is 10.6 Å². The Balaban J connectivity index is 0.00000324. The van der Waals surface area contributed by atoms with E-state index >= 15 is 0 Å². The number of halogens is 2. The van der Waals surface area contributed by atoms with Gasteiger partial charge in [0.15, 0.2) is 0 Å². The maximum absolute atomic E-state index is 13.4. The van der Waals surface area contributed by atoms with Crippen molar-refractivity contribution in [3.8, 4) is 0 Å². The Bertz CT molecular complexity index is 402. The van der Waals surface area contributed by atoms with Gasteiger partial charge in [-0.25, -0.2) is 4.39 Å². The summed E-state index contributed by atoms with van der Waals surface area (Å²) >= 11 is 0. The largest absolute Gasteiger partial charge is 0.383 e. The zero-order valence-electron chi connectivity index (χ0n) is 11.2. The smallest absolute Gasteiger partial charge is 0.254 e. The van der Waals surface area contributed by atoms with Gasteiger partial charge in [0, 0.05) is 26.7 Å². The van der Waals surface area contributed by atoms with Crippen LogP contribution >= 0.6 is 12.4 Å². The molecule has 0 atom stereocenters. The van der Waals surface area contributed by atoms with E-state index in [4.69, 9.17) is 4.74 Å². The fourth-order valence-electron chi connectivity index (χ4n) is 1.47. The van der Waals surface area contributed by atoms with Crippen LogP contribution in [0.15, 0.2) is 18.2 Å². The molecule has 0 radical (unpaired) electrons. The molecule has 1 aromatic rings. The molecule has 0 aliphatic rings. The van der Waals surface area contributed by atoms with E-state index in [1.807, 2.05) is 6.92 Å². The highest BCUT2D eigenvalue weighted by Gasteiger charge is 2.10. The first-order valence-electron chi connectivity index (χ1n) is 5.89. The molecule has 0 unspecified atom stereocenters. The topological polar surface area (TPSA) is 50.4 Å². The Morgan fingerprint density at radius 3 is 2.74 bits per heavy atom. The molecule has 1 amide bonds. The molecule has 0 aliphatic heterocycles. The molecule has 0 spiro atoms. The van der Waals surface area contributed by atoms with Crippen molar-refractivity contribution in [3.05, 3.63) is 35.1 Å². The van der Waals surface area contributed by atoms with E-state index < -0.39 is 5.82 Å². The van der Waals surface area contributed by atoms with Gasteiger partial charge in [-0.3, -0.25) is 4.79 Å². The summed E-state index contributed by atoms with van der Waals surface area (Å²) in [5, 5.41) is 5.75. The molecule has 6 heteroatoms. The summed E-state index contributed by atoms with van der Waals surface area (Å²) in [7, 11) is 1.63. The van der Waals surface area contributed by atoms with E-state index in [0.29, 0.717) is 19.7 Å². The number of benzene rings is 1. The Kier molecular flexibility index (Phi) is 9.12. The summed E-state index contributed by atoms with van der Waals surface area (Å²) in [5.41, 5.74) is 0.951. The van der Waals surface area contributed by atoms with E-state index in [1.54, 1.807) is 19.2 Å². The maximum Gasteiger partial charge on any atom is 0.254 e. The molecule has 0 heterocycles. The van der Waals surface area contributed by atoms with E-state index in [1.165, 1.54) is 6.07 Å². The molecule has 19 heavy (non-hydrogen) atoms. The summed E-state index contributed by atoms with van der Waals surface area (Å²) in [6.45, 7) is 4.26. The predicted octanol–water partition coefficient (Wildman–Crippen LogP) is 1.52. The Morgan fingerprint density at radius 2 is 2.05 bits per heavy atom. The van der Waals surface area contributed by atoms with Crippen molar-refractivity contribution in [1.29, 1.82) is 0 Å². The van der Waals surface area contributed by atoms with Crippen LogP contribution in [0.1, 0.15) is 15.9 Å². The molecule has 0 bridgehead atoms. The summed E-state index contributed by atoms with van der Waals surface area (Å²) < 4.78 is 18.3. The van der Waals surface area contributed by atoms with Crippen LogP contribution < -0.4 is 10.6 Å². The van der Waals surface area contributed by atoms with E-state index in [2.05, 4.69) is 10.6 Å². The second-order valence-electron chi connectivity index (χ2n) is 3.98. The van der Waals surface area contributed by atoms with E-state index in [-0.39, 0.29) is 23.9 Å². The molecule has 1 aromatic carbocycles. The van der Waals surface area contributed by atoms with Crippen molar-refractivity contribution in [2.45, 2.75) is 6.92 Å². The van der Waals surface area contributed by atoms with Crippen LogP contribution in [0.2, 0.25) is 0 Å². The fourth-order valence-corrected chi connectivity index (χ4v) is 1.47. The molecule has 108 valence electrons. The molecule has 0 saturated carbocycles. The van der Waals surface area contributed by atoms with Gasteiger partial charge in [0.25, 0.3) is 5.91 Å². The van der Waals surface area contributed by atoms with Gasteiger partial charge in [-0.2, -0.15) is 0 Å². The molecule has 0 fully saturated rings. The normalized spacial score (nSPS) is 9.84. The summed E-state index contributed by atoms with van der Waals surface area (Å²) in [6, 6.07) is 4.49.